The zero-order valence-electron chi connectivity index (χ0n) is 8.34. The molecule has 1 aromatic carbocycles. The average Bonchev–Trinajstić information content (AvgIpc) is 2.23. The van der Waals surface area contributed by atoms with E-state index in [1.54, 1.807) is 0 Å². The molecule has 0 saturated carbocycles. The van der Waals surface area contributed by atoms with Crippen LogP contribution in [0.2, 0.25) is 0 Å². The Morgan fingerprint density at radius 1 is 0.812 bits per heavy atom. The van der Waals surface area contributed by atoms with E-state index in [0.717, 1.165) is 4.90 Å². The highest BCUT2D eigenvalue weighted by Gasteiger charge is 2.28. The van der Waals surface area contributed by atoms with Gasteiger partial charge in [-0.25, -0.2) is 22.0 Å². The van der Waals surface area contributed by atoms with Crippen LogP contribution in [-0.2, 0) is 0 Å². The molecule has 0 saturated heterocycles. The molecule has 0 atom stereocenters. The van der Waals surface area contributed by atoms with Crippen LogP contribution in [0, 0.1) is 34.5 Å². The molecule has 0 unspecified atom stereocenters. The Kier molecular flexibility index (Phi) is 3.16. The zero-order chi connectivity index (χ0) is 12.6. The third-order valence-corrected chi connectivity index (χ3v) is 1.89. The summed E-state index contributed by atoms with van der Waals surface area (Å²) in [5, 5.41) is 7.22. The molecule has 0 aliphatic rings. The third kappa shape index (κ3) is 1.72. The fourth-order valence-electron chi connectivity index (χ4n) is 1.04. The average molecular weight is 238 g/mol. The first kappa shape index (κ1) is 12.4. The Morgan fingerprint density at radius 3 is 1.44 bits per heavy atom. The molecule has 0 spiro atoms. The maximum atomic E-state index is 13.1. The lowest BCUT2D eigenvalue weighted by Gasteiger charge is -2.15. The topological polar surface area (TPSA) is 27.1 Å². The van der Waals surface area contributed by atoms with Crippen LogP contribution in [0.25, 0.3) is 0 Å². The highest BCUT2D eigenvalue weighted by molar-refractivity contribution is 5.96. The molecule has 0 fully saturated rings. The summed E-state index contributed by atoms with van der Waals surface area (Å²) in [7, 11) is 2.50. The minimum Gasteiger partial charge on any atom is -0.363 e. The largest absolute Gasteiger partial charge is 0.363 e. The van der Waals surface area contributed by atoms with E-state index in [1.807, 2.05) is 0 Å². The second kappa shape index (κ2) is 4.07. The molecule has 0 aromatic heterocycles. The second-order valence-electron chi connectivity index (χ2n) is 3.19. The zero-order valence-corrected chi connectivity index (χ0v) is 8.34. The summed E-state index contributed by atoms with van der Waals surface area (Å²) in [6.07, 6.45) is 0. The molecular weight excluding hydrogens is 231 g/mol. The molecule has 2 nitrogen and oxygen atoms in total. The van der Waals surface area contributed by atoms with Crippen molar-refractivity contribution < 1.29 is 22.0 Å². The lowest BCUT2D eigenvalue weighted by atomic mass is 10.1. The van der Waals surface area contributed by atoms with Crippen molar-refractivity contribution in [3.63, 3.8) is 0 Å². The Hall–Kier alpha value is -1.66. The van der Waals surface area contributed by atoms with E-state index in [1.165, 1.54) is 14.1 Å². The maximum Gasteiger partial charge on any atom is 0.200 e. The molecule has 0 aliphatic carbocycles. The number of nitrogens with one attached hydrogen (secondary N) is 1. The molecule has 88 valence electrons. The van der Waals surface area contributed by atoms with E-state index in [-0.39, 0.29) is 0 Å². The van der Waals surface area contributed by atoms with Gasteiger partial charge in [-0.1, -0.05) is 0 Å². The van der Waals surface area contributed by atoms with E-state index in [0.29, 0.717) is 0 Å². The highest BCUT2D eigenvalue weighted by atomic mass is 19.2. The summed E-state index contributed by atoms with van der Waals surface area (Å²) in [6.45, 7) is 0. The van der Waals surface area contributed by atoms with Crippen LogP contribution in [0.4, 0.5) is 22.0 Å². The molecule has 0 bridgehead atoms. The van der Waals surface area contributed by atoms with Gasteiger partial charge in [-0.2, -0.15) is 0 Å². The quantitative estimate of drug-likeness (QED) is 0.262. The van der Waals surface area contributed by atoms with E-state index in [2.05, 4.69) is 0 Å². The Labute approximate surface area is 87.8 Å². The Morgan fingerprint density at radius 2 is 1.12 bits per heavy atom. The van der Waals surface area contributed by atoms with Gasteiger partial charge in [-0.05, 0) is 0 Å². The first-order valence-corrected chi connectivity index (χ1v) is 4.06. The van der Waals surface area contributed by atoms with Gasteiger partial charge in [0.15, 0.2) is 23.3 Å². The summed E-state index contributed by atoms with van der Waals surface area (Å²) >= 11 is 0. The third-order valence-electron chi connectivity index (χ3n) is 1.89. The minimum absolute atomic E-state index is 0.798. The van der Waals surface area contributed by atoms with Gasteiger partial charge >= 0.3 is 0 Å². The van der Waals surface area contributed by atoms with Gasteiger partial charge in [-0.3, -0.25) is 5.41 Å². The van der Waals surface area contributed by atoms with Crippen molar-refractivity contribution in [2.24, 2.45) is 0 Å². The van der Waals surface area contributed by atoms with E-state index in [4.69, 9.17) is 5.41 Å². The van der Waals surface area contributed by atoms with Gasteiger partial charge in [0, 0.05) is 14.1 Å². The lowest BCUT2D eigenvalue weighted by Crippen LogP contribution is -2.25. The smallest absolute Gasteiger partial charge is 0.200 e. The van der Waals surface area contributed by atoms with E-state index in [9.17, 15) is 22.0 Å². The van der Waals surface area contributed by atoms with Gasteiger partial charge in [-0.15, -0.1) is 0 Å². The highest BCUT2D eigenvalue weighted by Crippen LogP contribution is 2.23. The van der Waals surface area contributed by atoms with Crippen molar-refractivity contribution in [2.75, 3.05) is 14.1 Å². The first-order chi connectivity index (χ1) is 7.29. The monoisotopic (exact) mass is 238 g/mol. The number of hydrogen-bond acceptors (Lipinski definition) is 1. The van der Waals surface area contributed by atoms with Crippen LogP contribution in [0.3, 0.4) is 0 Å². The number of nitrogens with zero attached hydrogens (tertiary/aromatic N) is 1. The molecule has 0 heterocycles. The van der Waals surface area contributed by atoms with Gasteiger partial charge in [0.05, 0.1) is 5.56 Å². The fraction of sp³-hybridized carbons (Fsp3) is 0.222. The number of hydrogen-bond donors (Lipinski definition) is 1. The SMILES string of the molecule is CN(C)C(=N)c1c(F)c(F)c(F)c(F)c1F. The summed E-state index contributed by atoms with van der Waals surface area (Å²) in [5.74, 6) is -11.1. The van der Waals surface area contributed by atoms with Crippen LogP contribution in [-0.4, -0.2) is 24.8 Å². The molecule has 1 rings (SSSR count). The molecule has 0 amide bonds. The van der Waals surface area contributed by atoms with Crippen molar-refractivity contribution in [3.8, 4) is 0 Å². The van der Waals surface area contributed by atoms with E-state index >= 15 is 0 Å². The molecule has 0 aliphatic heterocycles. The number of benzene rings is 1. The number of rotatable bonds is 1. The van der Waals surface area contributed by atoms with Crippen LogP contribution in [0.15, 0.2) is 0 Å². The summed E-state index contributed by atoms with van der Waals surface area (Å²) in [6, 6.07) is 0. The summed E-state index contributed by atoms with van der Waals surface area (Å²) in [4.78, 5) is 0.929. The van der Waals surface area contributed by atoms with Gasteiger partial charge in [0.25, 0.3) is 0 Å². The van der Waals surface area contributed by atoms with Gasteiger partial charge in [0.1, 0.15) is 5.84 Å². The molecular formula is C9H7F5N2. The van der Waals surface area contributed by atoms with Crippen molar-refractivity contribution in [1.82, 2.24) is 4.90 Å². The van der Waals surface area contributed by atoms with Crippen molar-refractivity contribution in [3.05, 3.63) is 34.6 Å². The predicted octanol–water partition coefficient (Wildman–Crippen LogP) is 2.27. The number of amidine groups is 1. The number of halogens is 5. The summed E-state index contributed by atoms with van der Waals surface area (Å²) < 4.78 is 64.4. The van der Waals surface area contributed by atoms with Crippen LogP contribution in [0.5, 0.6) is 0 Å². The normalized spacial score (nSPS) is 10.4. The molecule has 16 heavy (non-hydrogen) atoms. The lowest BCUT2D eigenvalue weighted by molar-refractivity contribution is 0.375. The van der Waals surface area contributed by atoms with Crippen LogP contribution >= 0.6 is 0 Å². The van der Waals surface area contributed by atoms with E-state index < -0.39 is 40.5 Å². The standard InChI is InChI=1S/C9H7F5N2/c1-16(2)9(15)3-4(10)6(12)8(14)7(13)5(3)11/h15H,1-2H3. The Bertz CT molecular complexity index is 427. The first-order valence-electron chi connectivity index (χ1n) is 4.06. The minimum atomic E-state index is -2.23. The van der Waals surface area contributed by atoms with Crippen molar-refractivity contribution in [2.45, 2.75) is 0 Å². The second-order valence-corrected chi connectivity index (χ2v) is 3.19. The van der Waals surface area contributed by atoms with Crippen molar-refractivity contribution in [1.29, 1.82) is 5.41 Å². The van der Waals surface area contributed by atoms with Crippen LogP contribution in [0.1, 0.15) is 5.56 Å². The molecule has 1 aromatic rings. The van der Waals surface area contributed by atoms with Gasteiger partial charge < -0.3 is 4.90 Å². The fourth-order valence-corrected chi connectivity index (χ4v) is 1.04. The molecule has 1 N–H and O–H groups in total. The van der Waals surface area contributed by atoms with Crippen LogP contribution < -0.4 is 0 Å². The molecule has 0 radical (unpaired) electrons. The Balaban J connectivity index is 3.58. The molecule has 7 heteroatoms. The van der Waals surface area contributed by atoms with Crippen molar-refractivity contribution >= 4 is 5.84 Å². The van der Waals surface area contributed by atoms with Gasteiger partial charge in [0.2, 0.25) is 5.82 Å². The summed E-state index contributed by atoms with van der Waals surface area (Å²) in [5.41, 5.74) is -1.23. The predicted molar refractivity (Wildman–Crippen MR) is 46.7 cm³/mol. The maximum absolute atomic E-state index is 13.1.